The lowest BCUT2D eigenvalue weighted by molar-refractivity contribution is 0.394. The molecule has 0 spiro atoms. The van der Waals surface area contributed by atoms with Crippen LogP contribution in [0.1, 0.15) is 0 Å². The molecule has 0 atom stereocenters. The average molecular weight is 278 g/mol. The number of rotatable bonds is 0. The van der Waals surface area contributed by atoms with Crippen molar-refractivity contribution < 1.29 is 14.6 Å². The first-order chi connectivity index (χ1) is 10.1. The van der Waals surface area contributed by atoms with Crippen LogP contribution in [-0.4, -0.2) is 10.2 Å². The van der Waals surface area contributed by atoms with Crippen molar-refractivity contribution in [3.8, 4) is 11.5 Å². The van der Waals surface area contributed by atoms with Gasteiger partial charge in [-0.2, -0.15) is 4.39 Å². The topological polar surface area (TPSA) is 40.5 Å². The highest BCUT2D eigenvalue weighted by Crippen LogP contribution is 2.37. The second kappa shape index (κ2) is 4.09. The van der Waals surface area contributed by atoms with Crippen molar-refractivity contribution in [3.05, 3.63) is 60.4 Å². The van der Waals surface area contributed by atoms with E-state index in [0.29, 0.717) is 10.8 Å². The summed E-state index contributed by atoms with van der Waals surface area (Å²) in [7, 11) is 0. The van der Waals surface area contributed by atoms with E-state index in [2.05, 4.69) is 0 Å². The van der Waals surface area contributed by atoms with Gasteiger partial charge < -0.3 is 10.2 Å². The van der Waals surface area contributed by atoms with Crippen LogP contribution < -0.4 is 0 Å². The maximum atomic E-state index is 13.6. The Balaban J connectivity index is 2.18. The molecular formula is C18H11FO2. The summed E-state index contributed by atoms with van der Waals surface area (Å²) < 4.78 is 13.6. The van der Waals surface area contributed by atoms with Gasteiger partial charge in [-0.05, 0) is 57.3 Å². The lowest BCUT2D eigenvalue weighted by Crippen LogP contribution is -1.83. The number of fused-ring (bicyclic) bond motifs is 3. The Morgan fingerprint density at radius 2 is 1.24 bits per heavy atom. The largest absolute Gasteiger partial charge is 0.505 e. The third kappa shape index (κ3) is 1.71. The minimum absolute atomic E-state index is 0.396. The lowest BCUT2D eigenvalue weighted by atomic mass is 9.99. The van der Waals surface area contributed by atoms with Gasteiger partial charge in [0, 0.05) is 5.39 Å². The third-order valence-electron chi connectivity index (χ3n) is 3.85. The van der Waals surface area contributed by atoms with Crippen LogP contribution in [0.3, 0.4) is 0 Å². The van der Waals surface area contributed by atoms with Crippen molar-refractivity contribution in [2.75, 3.05) is 0 Å². The van der Waals surface area contributed by atoms with Crippen molar-refractivity contribution >= 4 is 32.3 Å². The molecule has 2 N–H and O–H groups in total. The van der Waals surface area contributed by atoms with E-state index in [-0.39, 0.29) is 0 Å². The molecule has 0 bridgehead atoms. The van der Waals surface area contributed by atoms with Gasteiger partial charge in [-0.15, -0.1) is 0 Å². The van der Waals surface area contributed by atoms with E-state index < -0.39 is 17.3 Å². The molecule has 0 aromatic heterocycles. The predicted molar refractivity (Wildman–Crippen MR) is 82.2 cm³/mol. The maximum Gasteiger partial charge on any atom is 0.206 e. The van der Waals surface area contributed by atoms with Gasteiger partial charge >= 0.3 is 0 Å². The van der Waals surface area contributed by atoms with Gasteiger partial charge in [-0.25, -0.2) is 0 Å². The van der Waals surface area contributed by atoms with Crippen molar-refractivity contribution in [2.45, 2.75) is 0 Å². The molecule has 0 saturated heterocycles. The molecular weight excluding hydrogens is 267 g/mol. The van der Waals surface area contributed by atoms with Crippen molar-refractivity contribution in [1.82, 2.24) is 0 Å². The highest BCUT2D eigenvalue weighted by Gasteiger charge is 2.12. The van der Waals surface area contributed by atoms with E-state index in [1.54, 1.807) is 6.07 Å². The molecule has 0 heterocycles. The van der Waals surface area contributed by atoms with Gasteiger partial charge in [0.2, 0.25) is 5.82 Å². The molecule has 0 aliphatic carbocycles. The first-order valence-electron chi connectivity index (χ1n) is 6.60. The van der Waals surface area contributed by atoms with Crippen molar-refractivity contribution in [1.29, 1.82) is 0 Å². The van der Waals surface area contributed by atoms with E-state index in [4.69, 9.17) is 0 Å². The molecule has 3 heteroatoms. The molecule has 0 unspecified atom stereocenters. The van der Waals surface area contributed by atoms with E-state index in [0.717, 1.165) is 21.5 Å². The van der Waals surface area contributed by atoms with Crippen LogP contribution >= 0.6 is 0 Å². The van der Waals surface area contributed by atoms with E-state index in [1.165, 1.54) is 6.07 Å². The molecule has 0 radical (unpaired) electrons. The Labute approximate surface area is 119 Å². The predicted octanol–water partition coefficient (Wildman–Crippen LogP) is 4.70. The minimum atomic E-state index is -0.984. The Morgan fingerprint density at radius 3 is 1.90 bits per heavy atom. The fraction of sp³-hybridized carbons (Fsp3) is 0. The second-order valence-corrected chi connectivity index (χ2v) is 5.18. The average Bonchev–Trinajstić information content (AvgIpc) is 2.49. The van der Waals surface area contributed by atoms with Gasteiger partial charge in [0.15, 0.2) is 11.5 Å². The quantitative estimate of drug-likeness (QED) is 0.458. The first-order valence-corrected chi connectivity index (χ1v) is 6.60. The van der Waals surface area contributed by atoms with Crippen molar-refractivity contribution in [3.63, 3.8) is 0 Å². The molecule has 0 saturated carbocycles. The number of phenolic OH excluding ortho intramolecular Hbond substituents is 2. The number of hydrogen-bond donors (Lipinski definition) is 2. The molecule has 102 valence electrons. The number of hydrogen-bond acceptors (Lipinski definition) is 2. The molecule has 0 amide bonds. The number of benzene rings is 4. The fourth-order valence-electron chi connectivity index (χ4n) is 2.78. The molecule has 0 fully saturated rings. The maximum absolute atomic E-state index is 13.6. The smallest absolute Gasteiger partial charge is 0.206 e. The summed E-state index contributed by atoms with van der Waals surface area (Å²) >= 11 is 0. The Kier molecular flexibility index (Phi) is 2.33. The summed E-state index contributed by atoms with van der Waals surface area (Å²) in [4.78, 5) is 0. The summed E-state index contributed by atoms with van der Waals surface area (Å²) in [5.41, 5.74) is 0. The summed E-state index contributed by atoms with van der Waals surface area (Å²) in [5.74, 6) is -2.04. The number of aromatic hydroxyl groups is 2. The van der Waals surface area contributed by atoms with E-state index >= 15 is 0 Å². The van der Waals surface area contributed by atoms with Gasteiger partial charge in [0.1, 0.15) is 0 Å². The summed E-state index contributed by atoms with van der Waals surface area (Å²) in [5, 5.41) is 24.5. The summed E-state index contributed by atoms with van der Waals surface area (Å²) in [6.07, 6.45) is 0. The zero-order valence-electron chi connectivity index (χ0n) is 11.0. The normalized spacial score (nSPS) is 11.5. The first kappa shape index (κ1) is 12.0. The van der Waals surface area contributed by atoms with Crippen LogP contribution in [0.25, 0.3) is 32.3 Å². The molecule has 0 aliphatic rings. The Hall–Kier alpha value is -2.81. The fourth-order valence-corrected chi connectivity index (χ4v) is 2.78. The standard InChI is InChI=1S/C18H11FO2/c19-17-16(20)9-14-7-12-5-10-3-1-2-4-11(10)6-13(12)8-15(14)18(17)21/h1-9,20-21H. The number of halogens is 1. The third-order valence-corrected chi connectivity index (χ3v) is 3.85. The molecule has 21 heavy (non-hydrogen) atoms. The monoisotopic (exact) mass is 278 g/mol. The molecule has 4 rings (SSSR count). The van der Waals surface area contributed by atoms with Crippen LogP contribution in [0, 0.1) is 5.82 Å². The molecule has 4 aromatic rings. The summed E-state index contributed by atoms with van der Waals surface area (Å²) in [6.45, 7) is 0. The highest BCUT2D eigenvalue weighted by molar-refractivity contribution is 6.06. The van der Waals surface area contributed by atoms with Crippen LogP contribution in [0.5, 0.6) is 11.5 Å². The zero-order chi connectivity index (χ0) is 14.6. The molecule has 2 nitrogen and oxygen atoms in total. The van der Waals surface area contributed by atoms with Crippen LogP contribution in [0.15, 0.2) is 54.6 Å². The Bertz CT molecular complexity index is 1020. The summed E-state index contributed by atoms with van der Waals surface area (Å²) in [6, 6.07) is 16.9. The SMILES string of the molecule is Oc1cc2cc3cc4ccccc4cc3cc2c(O)c1F. The second-order valence-electron chi connectivity index (χ2n) is 5.18. The highest BCUT2D eigenvalue weighted by atomic mass is 19.1. The van der Waals surface area contributed by atoms with Gasteiger partial charge in [-0.3, -0.25) is 0 Å². The van der Waals surface area contributed by atoms with E-state index in [9.17, 15) is 14.6 Å². The van der Waals surface area contributed by atoms with Gasteiger partial charge in [0.05, 0.1) is 0 Å². The van der Waals surface area contributed by atoms with E-state index in [1.807, 2.05) is 42.5 Å². The van der Waals surface area contributed by atoms with Gasteiger partial charge in [0.25, 0.3) is 0 Å². The van der Waals surface area contributed by atoms with Crippen LogP contribution in [-0.2, 0) is 0 Å². The van der Waals surface area contributed by atoms with Crippen LogP contribution in [0.4, 0.5) is 4.39 Å². The van der Waals surface area contributed by atoms with Crippen LogP contribution in [0.2, 0.25) is 0 Å². The zero-order valence-corrected chi connectivity index (χ0v) is 11.0. The number of phenols is 2. The molecule has 0 aliphatic heterocycles. The minimum Gasteiger partial charge on any atom is -0.505 e. The Morgan fingerprint density at radius 1 is 0.667 bits per heavy atom. The lowest BCUT2D eigenvalue weighted by Gasteiger charge is -2.08. The molecule has 4 aromatic carbocycles. The van der Waals surface area contributed by atoms with Gasteiger partial charge in [-0.1, -0.05) is 24.3 Å². The van der Waals surface area contributed by atoms with Crippen molar-refractivity contribution in [2.24, 2.45) is 0 Å².